The first-order valence-electron chi connectivity index (χ1n) is 7.31. The van der Waals surface area contributed by atoms with Gasteiger partial charge in [0.2, 0.25) is 5.89 Å². The maximum Gasteiger partial charge on any atom is 0.229 e. The monoisotopic (exact) mass is 282 g/mol. The minimum Gasteiger partial charge on any atom is -0.379 e. The molecule has 20 heavy (non-hydrogen) atoms. The minimum absolute atomic E-state index is 0.213. The molecule has 2 saturated heterocycles. The molecule has 2 aliphatic heterocycles. The van der Waals surface area contributed by atoms with E-state index in [1.54, 1.807) is 0 Å². The van der Waals surface area contributed by atoms with Gasteiger partial charge in [-0.1, -0.05) is 5.16 Å². The number of aromatic nitrogens is 2. The number of ether oxygens (including phenoxy) is 2. The van der Waals surface area contributed by atoms with Crippen LogP contribution in [0.1, 0.15) is 30.6 Å². The van der Waals surface area contributed by atoms with Crippen molar-refractivity contribution in [2.75, 3.05) is 39.5 Å². The molecule has 7 heteroatoms. The maximum absolute atomic E-state index is 6.15. The van der Waals surface area contributed by atoms with Gasteiger partial charge in [-0.25, -0.2) is 0 Å². The number of hydrogen-bond donors (Lipinski definition) is 1. The highest BCUT2D eigenvalue weighted by atomic mass is 16.5. The van der Waals surface area contributed by atoms with Crippen LogP contribution in [0, 0.1) is 0 Å². The molecular formula is C13H22N4O3. The number of morpholine rings is 1. The summed E-state index contributed by atoms with van der Waals surface area (Å²) in [5.41, 5.74) is 6.15. The highest BCUT2D eigenvalue weighted by Gasteiger charge is 2.22. The Hall–Kier alpha value is -1.02. The summed E-state index contributed by atoms with van der Waals surface area (Å²) < 4.78 is 16.2. The second-order valence-electron chi connectivity index (χ2n) is 5.40. The third kappa shape index (κ3) is 3.54. The summed E-state index contributed by atoms with van der Waals surface area (Å²) in [6, 6.07) is -0.213. The average molecular weight is 282 g/mol. The molecular weight excluding hydrogens is 260 g/mol. The summed E-state index contributed by atoms with van der Waals surface area (Å²) in [6.07, 6.45) is 3.09. The molecule has 3 heterocycles. The Morgan fingerprint density at radius 2 is 2.15 bits per heavy atom. The van der Waals surface area contributed by atoms with Gasteiger partial charge in [0.25, 0.3) is 0 Å². The van der Waals surface area contributed by atoms with E-state index in [-0.39, 0.29) is 12.1 Å². The van der Waals surface area contributed by atoms with Gasteiger partial charge in [-0.05, 0) is 12.8 Å². The Bertz CT molecular complexity index is 414. The van der Waals surface area contributed by atoms with Gasteiger partial charge in [0.05, 0.1) is 31.8 Å². The SMILES string of the molecule is NC(CN1CCOCC1)c1noc(CC2CCCO2)n1. The lowest BCUT2D eigenvalue weighted by Crippen LogP contribution is -2.40. The molecule has 2 atom stereocenters. The Labute approximate surface area is 118 Å². The number of nitrogens with two attached hydrogens (primary N) is 1. The lowest BCUT2D eigenvalue weighted by Gasteiger charge is -2.27. The summed E-state index contributed by atoms with van der Waals surface area (Å²) in [5.74, 6) is 1.22. The highest BCUT2D eigenvalue weighted by Crippen LogP contribution is 2.17. The van der Waals surface area contributed by atoms with Crippen molar-refractivity contribution in [3.8, 4) is 0 Å². The molecule has 2 aliphatic rings. The smallest absolute Gasteiger partial charge is 0.229 e. The van der Waals surface area contributed by atoms with E-state index < -0.39 is 0 Å². The van der Waals surface area contributed by atoms with Crippen LogP contribution in [0.5, 0.6) is 0 Å². The molecule has 0 aromatic carbocycles. The van der Waals surface area contributed by atoms with Gasteiger partial charge in [-0.15, -0.1) is 0 Å². The third-order valence-corrected chi connectivity index (χ3v) is 3.80. The fourth-order valence-electron chi connectivity index (χ4n) is 2.65. The quantitative estimate of drug-likeness (QED) is 0.821. The molecule has 0 bridgehead atoms. The average Bonchev–Trinajstić information content (AvgIpc) is 3.12. The Morgan fingerprint density at radius 3 is 2.90 bits per heavy atom. The largest absolute Gasteiger partial charge is 0.379 e. The van der Waals surface area contributed by atoms with Crippen molar-refractivity contribution in [2.24, 2.45) is 5.73 Å². The Balaban J connectivity index is 1.52. The van der Waals surface area contributed by atoms with Crippen LogP contribution in [0.4, 0.5) is 0 Å². The predicted molar refractivity (Wildman–Crippen MR) is 71.2 cm³/mol. The van der Waals surface area contributed by atoms with Crippen molar-refractivity contribution in [2.45, 2.75) is 31.4 Å². The van der Waals surface area contributed by atoms with Crippen molar-refractivity contribution in [1.29, 1.82) is 0 Å². The third-order valence-electron chi connectivity index (χ3n) is 3.80. The Morgan fingerprint density at radius 1 is 1.30 bits per heavy atom. The molecule has 0 radical (unpaired) electrons. The van der Waals surface area contributed by atoms with Crippen LogP contribution in [0.15, 0.2) is 4.52 Å². The summed E-state index contributed by atoms with van der Waals surface area (Å²) in [6.45, 7) is 4.93. The summed E-state index contributed by atoms with van der Waals surface area (Å²) >= 11 is 0. The van der Waals surface area contributed by atoms with Gasteiger partial charge in [-0.3, -0.25) is 4.90 Å². The molecule has 3 rings (SSSR count). The molecule has 0 aliphatic carbocycles. The molecule has 2 N–H and O–H groups in total. The zero-order chi connectivity index (χ0) is 13.8. The fraction of sp³-hybridized carbons (Fsp3) is 0.846. The second-order valence-corrected chi connectivity index (χ2v) is 5.40. The molecule has 1 aromatic heterocycles. The molecule has 2 fully saturated rings. The zero-order valence-electron chi connectivity index (χ0n) is 11.7. The Kier molecular flexibility index (Phi) is 4.62. The van der Waals surface area contributed by atoms with E-state index in [0.717, 1.165) is 52.3 Å². The van der Waals surface area contributed by atoms with Crippen LogP contribution in [-0.2, 0) is 15.9 Å². The van der Waals surface area contributed by atoms with Crippen LogP contribution in [0.3, 0.4) is 0 Å². The van der Waals surface area contributed by atoms with Crippen molar-refractivity contribution >= 4 is 0 Å². The summed E-state index contributed by atoms with van der Waals surface area (Å²) in [5, 5.41) is 4.00. The molecule has 0 amide bonds. The topological polar surface area (TPSA) is 86.6 Å². The highest BCUT2D eigenvalue weighted by molar-refractivity contribution is 4.95. The van der Waals surface area contributed by atoms with E-state index >= 15 is 0 Å². The van der Waals surface area contributed by atoms with E-state index in [9.17, 15) is 0 Å². The van der Waals surface area contributed by atoms with E-state index in [1.165, 1.54) is 0 Å². The maximum atomic E-state index is 6.15. The van der Waals surface area contributed by atoms with Crippen LogP contribution in [0.25, 0.3) is 0 Å². The van der Waals surface area contributed by atoms with Gasteiger partial charge in [0.15, 0.2) is 5.82 Å². The zero-order valence-corrected chi connectivity index (χ0v) is 11.7. The minimum atomic E-state index is -0.213. The van der Waals surface area contributed by atoms with Crippen molar-refractivity contribution in [1.82, 2.24) is 15.0 Å². The molecule has 1 aromatic rings. The molecule has 0 spiro atoms. The number of hydrogen-bond acceptors (Lipinski definition) is 7. The summed E-state index contributed by atoms with van der Waals surface area (Å²) in [7, 11) is 0. The normalized spacial score (nSPS) is 25.9. The van der Waals surface area contributed by atoms with Gasteiger partial charge >= 0.3 is 0 Å². The molecule has 0 saturated carbocycles. The predicted octanol–water partition coefficient (Wildman–Crippen LogP) is 0.123. The fourth-order valence-corrected chi connectivity index (χ4v) is 2.65. The van der Waals surface area contributed by atoms with Crippen molar-refractivity contribution < 1.29 is 14.0 Å². The van der Waals surface area contributed by atoms with E-state index in [1.807, 2.05) is 0 Å². The van der Waals surface area contributed by atoms with Crippen LogP contribution < -0.4 is 5.73 Å². The van der Waals surface area contributed by atoms with Crippen molar-refractivity contribution in [3.63, 3.8) is 0 Å². The summed E-state index contributed by atoms with van der Waals surface area (Å²) in [4.78, 5) is 6.67. The number of nitrogens with zero attached hydrogens (tertiary/aromatic N) is 3. The standard InChI is InChI=1S/C13H22N4O3/c14-11(9-17-3-6-18-7-4-17)13-15-12(20-16-13)8-10-2-1-5-19-10/h10-11H,1-9,14H2. The first-order chi connectivity index (χ1) is 9.81. The van der Waals surface area contributed by atoms with Gasteiger partial charge in [-0.2, -0.15) is 4.98 Å². The van der Waals surface area contributed by atoms with Gasteiger partial charge in [0, 0.05) is 26.2 Å². The molecule has 7 nitrogen and oxygen atoms in total. The number of rotatable bonds is 5. The van der Waals surface area contributed by atoms with E-state index in [4.69, 9.17) is 19.7 Å². The van der Waals surface area contributed by atoms with Gasteiger partial charge < -0.3 is 19.7 Å². The van der Waals surface area contributed by atoms with Crippen LogP contribution in [-0.4, -0.2) is 60.6 Å². The van der Waals surface area contributed by atoms with Gasteiger partial charge in [0.1, 0.15) is 0 Å². The van der Waals surface area contributed by atoms with Crippen molar-refractivity contribution in [3.05, 3.63) is 11.7 Å². The van der Waals surface area contributed by atoms with E-state index in [0.29, 0.717) is 18.1 Å². The van der Waals surface area contributed by atoms with Crippen LogP contribution >= 0.6 is 0 Å². The first kappa shape index (κ1) is 13.9. The molecule has 112 valence electrons. The van der Waals surface area contributed by atoms with Crippen LogP contribution in [0.2, 0.25) is 0 Å². The second kappa shape index (κ2) is 6.62. The lowest BCUT2D eigenvalue weighted by molar-refractivity contribution is 0.0348. The van der Waals surface area contributed by atoms with E-state index in [2.05, 4.69) is 15.0 Å². The first-order valence-corrected chi connectivity index (χ1v) is 7.31. The molecule has 2 unspecified atom stereocenters. The lowest BCUT2D eigenvalue weighted by atomic mass is 10.2.